The molecule has 5 nitrogen and oxygen atoms in total. The number of aryl methyl sites for hydroxylation is 1. The molecule has 2 fully saturated rings. The van der Waals surface area contributed by atoms with E-state index in [2.05, 4.69) is 52.4 Å². The minimum absolute atomic E-state index is 0.0802. The molecule has 37 heavy (non-hydrogen) atoms. The van der Waals surface area contributed by atoms with Gasteiger partial charge >= 0.3 is 0 Å². The van der Waals surface area contributed by atoms with Crippen molar-refractivity contribution in [1.82, 2.24) is 19.9 Å². The molecule has 3 aromatic rings. The smallest absolute Gasteiger partial charge is 0.246 e. The van der Waals surface area contributed by atoms with Crippen molar-refractivity contribution < 1.29 is 13.6 Å². The maximum absolute atomic E-state index is 13.7. The Hall–Kier alpha value is -3.03. The topological polar surface area (TPSA) is 42.6 Å². The Labute approximate surface area is 217 Å². The standard InChI is InChI=1S/C30H36F2N4O/c1-3-36(35-16-10-23(11-17-35)26-20-33-28-7-5-4-6-25(26)28)24-12-14-34(15-13-24)29(37)9-8-22-18-21(2)30(32)27(31)19-22/h4-9,18-20,23-24,33H,3,10-17H2,1-2H3/b9-8+. The average Bonchev–Trinajstić information content (AvgIpc) is 3.36. The number of hydrogen-bond acceptors (Lipinski definition) is 3. The van der Waals surface area contributed by atoms with Gasteiger partial charge in [-0.2, -0.15) is 0 Å². The van der Waals surface area contributed by atoms with Crippen LogP contribution in [-0.4, -0.2) is 64.6 Å². The molecule has 0 radical (unpaired) electrons. The zero-order valence-electron chi connectivity index (χ0n) is 21.7. The molecule has 0 bridgehead atoms. The number of likely N-dealkylation sites (tertiary alicyclic amines) is 1. The number of rotatable bonds is 6. The van der Waals surface area contributed by atoms with Crippen LogP contribution in [0.15, 0.2) is 48.7 Å². The molecule has 0 atom stereocenters. The van der Waals surface area contributed by atoms with Gasteiger partial charge in [0, 0.05) is 61.9 Å². The van der Waals surface area contributed by atoms with E-state index in [1.807, 2.05) is 4.90 Å². The minimum atomic E-state index is -0.891. The molecule has 0 spiro atoms. The van der Waals surface area contributed by atoms with Gasteiger partial charge < -0.3 is 9.88 Å². The molecule has 2 saturated heterocycles. The van der Waals surface area contributed by atoms with Crippen LogP contribution < -0.4 is 0 Å². The van der Waals surface area contributed by atoms with Crippen molar-refractivity contribution in [2.75, 3.05) is 32.7 Å². The molecule has 0 saturated carbocycles. The normalized spacial score (nSPS) is 18.5. The molecule has 7 heteroatoms. The fraction of sp³-hybridized carbons (Fsp3) is 0.433. The van der Waals surface area contributed by atoms with Gasteiger partial charge in [-0.05, 0) is 79.5 Å². The number of H-pyrrole nitrogens is 1. The number of nitrogens with zero attached hydrogens (tertiary/aromatic N) is 3. The van der Waals surface area contributed by atoms with Crippen molar-refractivity contribution in [2.24, 2.45) is 0 Å². The van der Waals surface area contributed by atoms with Crippen LogP contribution in [0.2, 0.25) is 0 Å². The largest absolute Gasteiger partial charge is 0.361 e. The van der Waals surface area contributed by atoms with Crippen molar-refractivity contribution in [2.45, 2.75) is 51.5 Å². The first-order valence-electron chi connectivity index (χ1n) is 13.4. The first-order valence-corrected chi connectivity index (χ1v) is 13.4. The Morgan fingerprint density at radius 3 is 2.51 bits per heavy atom. The predicted octanol–water partition coefficient (Wildman–Crippen LogP) is 5.88. The van der Waals surface area contributed by atoms with Crippen LogP contribution >= 0.6 is 0 Å². The fourth-order valence-corrected chi connectivity index (χ4v) is 6.06. The number of aromatic amines is 1. The summed E-state index contributed by atoms with van der Waals surface area (Å²) in [6.07, 6.45) is 9.38. The number of piperidine rings is 2. The summed E-state index contributed by atoms with van der Waals surface area (Å²) in [6.45, 7) is 8.20. The number of amides is 1. The zero-order chi connectivity index (χ0) is 25.9. The van der Waals surface area contributed by atoms with Crippen LogP contribution in [0.4, 0.5) is 8.78 Å². The summed E-state index contributed by atoms with van der Waals surface area (Å²) >= 11 is 0. The number of carbonyl (C=O) groups is 1. The summed E-state index contributed by atoms with van der Waals surface area (Å²) in [5.41, 5.74) is 3.38. The van der Waals surface area contributed by atoms with Crippen molar-refractivity contribution >= 4 is 22.9 Å². The molecule has 196 valence electrons. The predicted molar refractivity (Wildman–Crippen MR) is 144 cm³/mol. The second-order valence-corrected chi connectivity index (χ2v) is 10.3. The van der Waals surface area contributed by atoms with Crippen molar-refractivity contribution in [1.29, 1.82) is 0 Å². The minimum Gasteiger partial charge on any atom is -0.361 e. The monoisotopic (exact) mass is 506 g/mol. The van der Waals surface area contributed by atoms with E-state index in [9.17, 15) is 13.6 Å². The number of hydrogen-bond donors (Lipinski definition) is 1. The summed E-state index contributed by atoms with van der Waals surface area (Å²) < 4.78 is 27.2. The number of fused-ring (bicyclic) bond motifs is 1. The molecule has 3 heterocycles. The maximum atomic E-state index is 13.7. The Morgan fingerprint density at radius 1 is 1.08 bits per heavy atom. The maximum Gasteiger partial charge on any atom is 0.246 e. The van der Waals surface area contributed by atoms with E-state index in [0.29, 0.717) is 30.6 Å². The molecular weight excluding hydrogens is 470 g/mol. The van der Waals surface area contributed by atoms with Gasteiger partial charge in [0.15, 0.2) is 11.6 Å². The van der Waals surface area contributed by atoms with E-state index < -0.39 is 11.6 Å². The lowest BCUT2D eigenvalue weighted by molar-refractivity contribution is -0.130. The summed E-state index contributed by atoms with van der Waals surface area (Å²) in [7, 11) is 0. The summed E-state index contributed by atoms with van der Waals surface area (Å²) in [5.74, 6) is -1.23. The van der Waals surface area contributed by atoms with Crippen LogP contribution in [-0.2, 0) is 4.79 Å². The third-order valence-electron chi connectivity index (χ3n) is 8.07. The lowest BCUT2D eigenvalue weighted by Gasteiger charge is -2.46. The van der Waals surface area contributed by atoms with Crippen molar-refractivity contribution in [3.8, 4) is 0 Å². The van der Waals surface area contributed by atoms with Gasteiger partial charge in [0.1, 0.15) is 0 Å². The van der Waals surface area contributed by atoms with E-state index in [4.69, 9.17) is 0 Å². The number of aromatic nitrogens is 1. The summed E-state index contributed by atoms with van der Waals surface area (Å²) in [4.78, 5) is 18.0. The molecule has 0 unspecified atom stereocenters. The average molecular weight is 507 g/mol. The molecule has 1 aromatic heterocycles. The van der Waals surface area contributed by atoms with Crippen LogP contribution in [0, 0.1) is 18.6 Å². The second-order valence-electron chi connectivity index (χ2n) is 10.3. The van der Waals surface area contributed by atoms with Crippen LogP contribution in [0.25, 0.3) is 17.0 Å². The Kier molecular flexibility index (Phi) is 7.72. The van der Waals surface area contributed by atoms with E-state index in [-0.39, 0.29) is 11.5 Å². The van der Waals surface area contributed by atoms with Gasteiger partial charge in [0.25, 0.3) is 0 Å². The number of para-hydroxylation sites is 1. The van der Waals surface area contributed by atoms with Crippen LogP contribution in [0.3, 0.4) is 0 Å². The summed E-state index contributed by atoms with van der Waals surface area (Å²) in [5, 5.41) is 6.39. The van der Waals surface area contributed by atoms with E-state index >= 15 is 0 Å². The van der Waals surface area contributed by atoms with Gasteiger partial charge in [-0.3, -0.25) is 4.79 Å². The van der Waals surface area contributed by atoms with Gasteiger partial charge in [-0.25, -0.2) is 18.8 Å². The second kappa shape index (κ2) is 11.2. The van der Waals surface area contributed by atoms with Gasteiger partial charge in [-0.1, -0.05) is 25.1 Å². The van der Waals surface area contributed by atoms with E-state index in [1.165, 1.54) is 29.5 Å². The zero-order valence-corrected chi connectivity index (χ0v) is 21.7. The number of benzene rings is 2. The highest BCUT2D eigenvalue weighted by atomic mass is 19.2. The van der Waals surface area contributed by atoms with Gasteiger partial charge in [0.2, 0.25) is 5.91 Å². The lowest BCUT2D eigenvalue weighted by atomic mass is 9.89. The van der Waals surface area contributed by atoms with Crippen molar-refractivity contribution in [3.05, 3.63) is 77.0 Å². The van der Waals surface area contributed by atoms with Crippen LogP contribution in [0.1, 0.15) is 55.2 Å². The number of nitrogens with one attached hydrogen (secondary N) is 1. The molecule has 2 aromatic carbocycles. The number of hydrazine groups is 1. The van der Waals surface area contributed by atoms with Gasteiger partial charge in [-0.15, -0.1) is 0 Å². The van der Waals surface area contributed by atoms with Crippen LogP contribution in [0.5, 0.6) is 0 Å². The Bertz CT molecular complexity index is 1250. The number of carbonyl (C=O) groups excluding carboxylic acids is 1. The molecule has 2 aliphatic heterocycles. The molecular formula is C30H36F2N4O. The first-order chi connectivity index (χ1) is 17.9. The Morgan fingerprint density at radius 2 is 1.81 bits per heavy atom. The SMILES string of the molecule is CCN(C1CCN(C(=O)/C=C/c2cc(C)c(F)c(F)c2)CC1)N1CCC(c2c[nH]c3ccccc23)CC1. The highest BCUT2D eigenvalue weighted by Gasteiger charge is 2.31. The third kappa shape index (κ3) is 5.48. The molecule has 5 rings (SSSR count). The van der Waals surface area contributed by atoms with E-state index in [0.717, 1.165) is 51.4 Å². The molecule has 2 aliphatic rings. The van der Waals surface area contributed by atoms with Gasteiger partial charge in [0.05, 0.1) is 0 Å². The molecule has 0 aliphatic carbocycles. The Balaban J connectivity index is 1.14. The highest BCUT2D eigenvalue weighted by molar-refractivity contribution is 5.91. The van der Waals surface area contributed by atoms with Crippen molar-refractivity contribution in [3.63, 3.8) is 0 Å². The highest BCUT2D eigenvalue weighted by Crippen LogP contribution is 2.34. The quantitative estimate of drug-likeness (QED) is 0.425. The lowest BCUT2D eigenvalue weighted by Crippen LogP contribution is -2.55. The number of halogens is 2. The third-order valence-corrected chi connectivity index (χ3v) is 8.07. The first kappa shape index (κ1) is 25.6. The molecule has 1 amide bonds. The summed E-state index contributed by atoms with van der Waals surface area (Å²) in [6, 6.07) is 11.7. The fourth-order valence-electron chi connectivity index (χ4n) is 6.06. The van der Waals surface area contributed by atoms with E-state index in [1.54, 1.807) is 12.1 Å². The molecule has 1 N–H and O–H groups in total.